The maximum Gasteiger partial charge on any atom is 0.308 e. The first-order valence-electron chi connectivity index (χ1n) is 13.6. The normalized spacial score (nSPS) is 15.9. The molecule has 1 aliphatic heterocycles. The molecule has 4 aromatic rings. The topological polar surface area (TPSA) is 120 Å². The van der Waals surface area contributed by atoms with Gasteiger partial charge in [0, 0.05) is 13.6 Å². The van der Waals surface area contributed by atoms with Crippen LogP contribution >= 0.6 is 0 Å². The van der Waals surface area contributed by atoms with Crippen molar-refractivity contribution in [2.75, 3.05) is 11.9 Å². The number of amides is 1. The summed E-state index contributed by atoms with van der Waals surface area (Å²) < 4.78 is 37.1. The van der Waals surface area contributed by atoms with Crippen molar-refractivity contribution in [2.45, 2.75) is 43.7 Å². The number of hydrogen-bond donors (Lipinski definition) is 1. The number of nitrogens with zero attached hydrogens (tertiary/aromatic N) is 3. The van der Waals surface area contributed by atoms with Crippen molar-refractivity contribution in [2.24, 2.45) is 7.05 Å². The average Bonchev–Trinajstić information content (AvgIpc) is 3.20. The van der Waals surface area contributed by atoms with Crippen LogP contribution in [0.2, 0.25) is 0 Å². The molecule has 0 unspecified atom stereocenters. The standard InChI is InChI=1S/C31H32N4O6S/c1-21-29(31(38)35(33(21)3)24-13-6-4-7-14-24)32-30(37)22(2)41-28(36)20-27-26-17-11-10-12-23(26)18-19-34(27)42(39,40)25-15-8-5-9-16-25/h4-17,22,27H,18-20H2,1-3H3,(H,32,37)/t22-,27+/m1/s1. The van der Waals surface area contributed by atoms with Crippen LogP contribution in [-0.2, 0) is 37.8 Å². The van der Waals surface area contributed by atoms with E-state index in [0.717, 1.165) is 11.1 Å². The van der Waals surface area contributed by atoms with E-state index in [2.05, 4.69) is 5.32 Å². The molecule has 42 heavy (non-hydrogen) atoms. The Morgan fingerprint density at radius 2 is 1.60 bits per heavy atom. The van der Waals surface area contributed by atoms with Crippen molar-refractivity contribution in [1.29, 1.82) is 0 Å². The van der Waals surface area contributed by atoms with Crippen LogP contribution in [0.5, 0.6) is 0 Å². The number of aromatic nitrogens is 2. The second kappa shape index (κ2) is 11.8. The summed E-state index contributed by atoms with van der Waals surface area (Å²) in [5, 5.41) is 2.61. The molecule has 2 atom stereocenters. The predicted octanol–water partition coefficient (Wildman–Crippen LogP) is 3.73. The number of carbonyl (C=O) groups excluding carboxylic acids is 2. The van der Waals surface area contributed by atoms with Gasteiger partial charge in [-0.1, -0.05) is 60.7 Å². The zero-order valence-electron chi connectivity index (χ0n) is 23.6. The van der Waals surface area contributed by atoms with Gasteiger partial charge in [-0.05, 0) is 55.7 Å². The highest BCUT2D eigenvalue weighted by molar-refractivity contribution is 7.89. The molecule has 10 nitrogen and oxygen atoms in total. The third-order valence-corrected chi connectivity index (χ3v) is 9.48. The van der Waals surface area contributed by atoms with E-state index < -0.39 is 39.6 Å². The van der Waals surface area contributed by atoms with Crippen LogP contribution < -0.4 is 10.9 Å². The van der Waals surface area contributed by atoms with Gasteiger partial charge in [0.2, 0.25) is 10.0 Å². The molecule has 11 heteroatoms. The van der Waals surface area contributed by atoms with Gasteiger partial charge < -0.3 is 10.1 Å². The first-order chi connectivity index (χ1) is 20.1. The Balaban J connectivity index is 1.34. The van der Waals surface area contributed by atoms with Crippen LogP contribution in [0.25, 0.3) is 5.69 Å². The van der Waals surface area contributed by atoms with Crippen molar-refractivity contribution in [3.8, 4) is 5.69 Å². The Labute approximate surface area is 244 Å². The maximum absolute atomic E-state index is 13.6. The lowest BCUT2D eigenvalue weighted by Gasteiger charge is -2.36. The molecule has 1 aromatic heterocycles. The lowest BCUT2D eigenvalue weighted by atomic mass is 9.92. The summed E-state index contributed by atoms with van der Waals surface area (Å²) in [6.07, 6.45) is -1.02. The molecule has 0 radical (unpaired) electrons. The Hall–Kier alpha value is -4.48. The van der Waals surface area contributed by atoms with Crippen molar-refractivity contribution >= 4 is 27.6 Å². The molecule has 1 aliphatic rings. The van der Waals surface area contributed by atoms with Gasteiger partial charge in [-0.25, -0.2) is 13.1 Å². The second-order valence-electron chi connectivity index (χ2n) is 10.2. The molecular formula is C31H32N4O6S. The van der Waals surface area contributed by atoms with E-state index in [1.165, 1.54) is 28.0 Å². The third-order valence-electron chi connectivity index (χ3n) is 7.55. The van der Waals surface area contributed by atoms with Crippen molar-refractivity contribution in [3.63, 3.8) is 0 Å². The van der Waals surface area contributed by atoms with Gasteiger partial charge in [0.1, 0.15) is 5.69 Å². The van der Waals surface area contributed by atoms with Crippen LogP contribution in [0.1, 0.15) is 36.2 Å². The lowest BCUT2D eigenvalue weighted by Crippen LogP contribution is -2.41. The number of sulfonamides is 1. The number of ether oxygens (including phenoxy) is 1. The molecule has 0 fully saturated rings. The fourth-order valence-electron chi connectivity index (χ4n) is 5.25. The summed E-state index contributed by atoms with van der Waals surface area (Å²) in [5.41, 5.74) is 2.49. The van der Waals surface area contributed by atoms with Gasteiger partial charge in [0.05, 0.1) is 28.7 Å². The van der Waals surface area contributed by atoms with Crippen LogP contribution in [0.3, 0.4) is 0 Å². The minimum atomic E-state index is -3.91. The first kappa shape index (κ1) is 29.0. The van der Waals surface area contributed by atoms with E-state index in [0.29, 0.717) is 17.8 Å². The van der Waals surface area contributed by atoms with Crippen LogP contribution in [0, 0.1) is 6.92 Å². The maximum atomic E-state index is 13.6. The molecule has 3 aromatic carbocycles. The number of anilines is 1. The Bertz CT molecular complexity index is 1780. The smallest absolute Gasteiger partial charge is 0.308 e. The zero-order valence-corrected chi connectivity index (χ0v) is 24.4. The minimum Gasteiger partial charge on any atom is -0.452 e. The van der Waals surface area contributed by atoms with Gasteiger partial charge in [-0.3, -0.25) is 19.1 Å². The molecule has 0 bridgehead atoms. The molecular weight excluding hydrogens is 556 g/mol. The monoisotopic (exact) mass is 588 g/mol. The number of esters is 1. The van der Waals surface area contributed by atoms with Gasteiger partial charge in [0.25, 0.3) is 11.5 Å². The van der Waals surface area contributed by atoms with Gasteiger partial charge in [0.15, 0.2) is 6.10 Å². The lowest BCUT2D eigenvalue weighted by molar-refractivity contribution is -0.154. The largest absolute Gasteiger partial charge is 0.452 e. The minimum absolute atomic E-state index is 0.0792. The summed E-state index contributed by atoms with van der Waals surface area (Å²) in [6, 6.07) is 23.7. The number of hydrogen-bond acceptors (Lipinski definition) is 6. The van der Waals surface area contributed by atoms with Crippen LogP contribution in [0.4, 0.5) is 5.69 Å². The molecule has 0 saturated heterocycles. The molecule has 5 rings (SSSR count). The van der Waals surface area contributed by atoms with Crippen molar-refractivity contribution in [1.82, 2.24) is 13.7 Å². The SMILES string of the molecule is Cc1c(NC(=O)[C@@H](C)OC(=O)C[C@H]2c3ccccc3CCN2S(=O)(=O)c2ccccc2)c(=O)n(-c2ccccc2)n1C. The molecule has 1 N–H and O–H groups in total. The highest BCUT2D eigenvalue weighted by Gasteiger charge is 2.38. The molecule has 218 valence electrons. The van der Waals surface area contributed by atoms with E-state index in [9.17, 15) is 22.8 Å². The number of benzene rings is 3. The highest BCUT2D eigenvalue weighted by atomic mass is 32.2. The third kappa shape index (κ3) is 5.53. The number of nitrogens with one attached hydrogen (secondary N) is 1. The molecule has 2 heterocycles. The zero-order chi connectivity index (χ0) is 30.0. The Morgan fingerprint density at radius 1 is 0.976 bits per heavy atom. The number of rotatable bonds is 8. The summed E-state index contributed by atoms with van der Waals surface area (Å²) in [6.45, 7) is 3.31. The van der Waals surface area contributed by atoms with Gasteiger partial charge >= 0.3 is 5.97 Å². The fraction of sp³-hybridized carbons (Fsp3) is 0.258. The molecule has 0 spiro atoms. The second-order valence-corrected chi connectivity index (χ2v) is 12.0. The number of fused-ring (bicyclic) bond motifs is 1. The van der Waals surface area contributed by atoms with Crippen LogP contribution in [0.15, 0.2) is 94.6 Å². The highest BCUT2D eigenvalue weighted by Crippen LogP contribution is 2.36. The van der Waals surface area contributed by atoms with Crippen molar-refractivity contribution < 1.29 is 22.7 Å². The predicted molar refractivity (Wildman–Crippen MR) is 158 cm³/mol. The first-order valence-corrected chi connectivity index (χ1v) is 15.0. The van der Waals surface area contributed by atoms with E-state index in [1.807, 2.05) is 24.3 Å². The summed E-state index contributed by atoms with van der Waals surface area (Å²) in [4.78, 5) is 39.5. The fourth-order valence-corrected chi connectivity index (χ4v) is 6.88. The Morgan fingerprint density at radius 3 is 2.29 bits per heavy atom. The molecule has 0 saturated carbocycles. The Kier molecular flexibility index (Phi) is 8.15. The molecule has 1 amide bonds. The van der Waals surface area contributed by atoms with Gasteiger partial charge in [-0.15, -0.1) is 0 Å². The summed E-state index contributed by atoms with van der Waals surface area (Å²) in [7, 11) is -2.20. The summed E-state index contributed by atoms with van der Waals surface area (Å²) in [5.74, 6) is -1.41. The van der Waals surface area contributed by atoms with E-state index >= 15 is 0 Å². The van der Waals surface area contributed by atoms with E-state index in [1.54, 1.807) is 67.2 Å². The molecule has 0 aliphatic carbocycles. The van der Waals surface area contributed by atoms with Crippen LogP contribution in [-0.4, -0.2) is 46.6 Å². The summed E-state index contributed by atoms with van der Waals surface area (Å²) >= 11 is 0. The van der Waals surface area contributed by atoms with E-state index in [-0.39, 0.29) is 23.5 Å². The number of carbonyl (C=O) groups is 2. The van der Waals surface area contributed by atoms with Crippen molar-refractivity contribution in [3.05, 3.63) is 112 Å². The van der Waals surface area contributed by atoms with E-state index in [4.69, 9.17) is 4.74 Å². The quantitative estimate of drug-likeness (QED) is 0.313. The number of para-hydroxylation sites is 1. The van der Waals surface area contributed by atoms with Gasteiger partial charge in [-0.2, -0.15) is 4.31 Å². The average molecular weight is 589 g/mol.